The zero-order valence-corrected chi connectivity index (χ0v) is 14.2. The first-order chi connectivity index (χ1) is 12.1. The van der Waals surface area contributed by atoms with E-state index in [0.717, 1.165) is 12.0 Å². The molecule has 0 aliphatic heterocycles. The second-order valence-electron chi connectivity index (χ2n) is 6.08. The highest BCUT2D eigenvalue weighted by Gasteiger charge is 2.05. The Morgan fingerprint density at radius 3 is 2.48 bits per heavy atom. The number of nitrogens with zero attached hydrogens (tertiary/aromatic N) is 1. The van der Waals surface area contributed by atoms with Gasteiger partial charge in [-0.3, -0.25) is 0 Å². The molecule has 0 saturated carbocycles. The van der Waals surface area contributed by atoms with Gasteiger partial charge in [0.25, 0.3) is 0 Å². The van der Waals surface area contributed by atoms with Gasteiger partial charge in [-0.15, -0.1) is 0 Å². The van der Waals surface area contributed by atoms with Crippen molar-refractivity contribution in [3.8, 4) is 0 Å². The van der Waals surface area contributed by atoms with Gasteiger partial charge in [0.15, 0.2) is 0 Å². The molecule has 0 unspecified atom stereocenters. The van der Waals surface area contributed by atoms with Gasteiger partial charge >= 0.3 is 6.09 Å². The van der Waals surface area contributed by atoms with Crippen molar-refractivity contribution in [1.29, 1.82) is 0 Å². The fourth-order valence-electron chi connectivity index (χ4n) is 2.93. The van der Waals surface area contributed by atoms with Crippen LogP contribution >= 0.6 is 0 Å². The van der Waals surface area contributed by atoms with Gasteiger partial charge in [-0.25, -0.2) is 4.79 Å². The highest BCUT2D eigenvalue weighted by atomic mass is 16.4. The number of benzene rings is 3. The molecule has 0 saturated heterocycles. The van der Waals surface area contributed by atoms with Crippen LogP contribution < -0.4 is 0 Å². The van der Waals surface area contributed by atoms with Crippen molar-refractivity contribution in [2.45, 2.75) is 6.42 Å². The van der Waals surface area contributed by atoms with Crippen LogP contribution in [-0.4, -0.2) is 29.7 Å². The lowest BCUT2D eigenvalue weighted by atomic mass is 9.95. The van der Waals surface area contributed by atoms with Crippen molar-refractivity contribution < 1.29 is 9.90 Å². The zero-order valence-electron chi connectivity index (χ0n) is 14.2. The minimum absolute atomic E-state index is 0.373. The summed E-state index contributed by atoms with van der Waals surface area (Å²) in [6, 6.07) is 23.1. The lowest BCUT2D eigenvalue weighted by Crippen LogP contribution is -2.24. The van der Waals surface area contributed by atoms with Crippen LogP contribution in [0, 0.1) is 0 Å². The molecule has 0 radical (unpaired) electrons. The van der Waals surface area contributed by atoms with Gasteiger partial charge in [0, 0.05) is 13.6 Å². The third-order valence-electron chi connectivity index (χ3n) is 4.32. The van der Waals surface area contributed by atoms with E-state index in [1.54, 1.807) is 7.05 Å². The van der Waals surface area contributed by atoms with Crippen molar-refractivity contribution in [3.05, 3.63) is 89.5 Å². The summed E-state index contributed by atoms with van der Waals surface area (Å²) >= 11 is 0. The van der Waals surface area contributed by atoms with E-state index in [1.165, 1.54) is 26.8 Å². The van der Waals surface area contributed by atoms with Crippen LogP contribution in [0.4, 0.5) is 4.79 Å². The van der Waals surface area contributed by atoms with Crippen molar-refractivity contribution in [2.24, 2.45) is 0 Å². The molecule has 0 aliphatic carbocycles. The van der Waals surface area contributed by atoms with E-state index < -0.39 is 6.09 Å². The van der Waals surface area contributed by atoms with E-state index in [0.29, 0.717) is 6.54 Å². The number of carbonyl (C=O) groups is 1. The summed E-state index contributed by atoms with van der Waals surface area (Å²) in [6.45, 7) is 0.373. The van der Waals surface area contributed by atoms with E-state index in [9.17, 15) is 4.79 Å². The van der Waals surface area contributed by atoms with Crippen molar-refractivity contribution in [3.63, 3.8) is 0 Å². The molecule has 3 heteroatoms. The first-order valence-electron chi connectivity index (χ1n) is 8.30. The third-order valence-corrected chi connectivity index (χ3v) is 4.32. The Kier molecular flexibility index (Phi) is 5.14. The number of amides is 1. The van der Waals surface area contributed by atoms with Gasteiger partial charge in [0.05, 0.1) is 0 Å². The zero-order chi connectivity index (χ0) is 17.6. The number of hydrogen-bond acceptors (Lipinski definition) is 1. The molecule has 126 valence electrons. The van der Waals surface area contributed by atoms with Crippen LogP contribution in [0.3, 0.4) is 0 Å². The summed E-state index contributed by atoms with van der Waals surface area (Å²) in [7, 11) is 1.56. The standard InChI is InChI=1S/C22H21NO2/c1-23(22(24)25)15-7-13-17-8-2-3-10-19(17)16-20-12-6-11-18-9-4-5-14-21(18)20/h2-14H,15-16H2,1H3,(H,24,25)/b13-7+. The van der Waals surface area contributed by atoms with Crippen LogP contribution in [0.1, 0.15) is 16.7 Å². The van der Waals surface area contributed by atoms with Crippen LogP contribution in [0.5, 0.6) is 0 Å². The molecule has 1 N–H and O–H groups in total. The monoisotopic (exact) mass is 331 g/mol. The minimum atomic E-state index is -0.923. The average molecular weight is 331 g/mol. The maximum Gasteiger partial charge on any atom is 0.407 e. The Hall–Kier alpha value is -3.07. The number of rotatable bonds is 5. The quantitative estimate of drug-likeness (QED) is 0.710. The predicted octanol–water partition coefficient (Wildman–Crippen LogP) is 5.05. The number of hydrogen-bond donors (Lipinski definition) is 1. The summed E-state index contributed by atoms with van der Waals surface area (Å²) in [6.07, 6.45) is 3.81. The first-order valence-corrected chi connectivity index (χ1v) is 8.30. The molecule has 0 aliphatic rings. The lowest BCUT2D eigenvalue weighted by molar-refractivity contribution is 0.160. The SMILES string of the molecule is CN(C/C=C/c1ccccc1Cc1cccc2ccccc12)C(=O)O. The summed E-state index contributed by atoms with van der Waals surface area (Å²) in [5.41, 5.74) is 3.64. The van der Waals surface area contributed by atoms with E-state index >= 15 is 0 Å². The maximum atomic E-state index is 10.9. The predicted molar refractivity (Wildman–Crippen MR) is 103 cm³/mol. The third kappa shape index (κ3) is 4.07. The second-order valence-corrected chi connectivity index (χ2v) is 6.08. The Morgan fingerprint density at radius 1 is 0.960 bits per heavy atom. The molecular formula is C22H21NO2. The summed E-state index contributed by atoms with van der Waals surface area (Å²) in [4.78, 5) is 12.1. The molecule has 0 aromatic heterocycles. The molecule has 0 heterocycles. The van der Waals surface area contributed by atoms with Gasteiger partial charge in [-0.05, 0) is 33.9 Å². The fourth-order valence-corrected chi connectivity index (χ4v) is 2.93. The Labute approximate surface area is 147 Å². The van der Waals surface area contributed by atoms with Gasteiger partial charge < -0.3 is 10.0 Å². The van der Waals surface area contributed by atoms with Crippen LogP contribution in [-0.2, 0) is 6.42 Å². The fraction of sp³-hybridized carbons (Fsp3) is 0.136. The maximum absolute atomic E-state index is 10.9. The largest absolute Gasteiger partial charge is 0.465 e. The molecule has 0 atom stereocenters. The summed E-state index contributed by atoms with van der Waals surface area (Å²) in [5.74, 6) is 0. The number of carboxylic acid groups (broad SMARTS) is 1. The Balaban J connectivity index is 1.86. The van der Waals surface area contributed by atoms with Crippen LogP contribution in [0.15, 0.2) is 72.8 Å². The lowest BCUT2D eigenvalue weighted by Gasteiger charge is -2.11. The molecule has 0 spiro atoms. The smallest absolute Gasteiger partial charge is 0.407 e. The van der Waals surface area contributed by atoms with Crippen LogP contribution in [0.2, 0.25) is 0 Å². The topological polar surface area (TPSA) is 40.5 Å². The van der Waals surface area contributed by atoms with E-state index in [4.69, 9.17) is 5.11 Å². The second kappa shape index (κ2) is 7.67. The Morgan fingerprint density at radius 2 is 1.64 bits per heavy atom. The van der Waals surface area contributed by atoms with E-state index in [-0.39, 0.29) is 0 Å². The van der Waals surface area contributed by atoms with E-state index in [1.807, 2.05) is 24.3 Å². The van der Waals surface area contributed by atoms with Gasteiger partial charge in [0.1, 0.15) is 0 Å². The average Bonchev–Trinajstić information content (AvgIpc) is 2.63. The minimum Gasteiger partial charge on any atom is -0.465 e. The molecule has 0 bridgehead atoms. The molecule has 3 rings (SSSR count). The number of fused-ring (bicyclic) bond motifs is 1. The Bertz CT molecular complexity index is 909. The number of likely N-dealkylation sites (N-methyl/N-ethyl adjacent to an activating group) is 1. The van der Waals surface area contributed by atoms with Gasteiger partial charge in [-0.1, -0.05) is 78.9 Å². The summed E-state index contributed by atoms with van der Waals surface area (Å²) < 4.78 is 0. The van der Waals surface area contributed by atoms with E-state index in [2.05, 4.69) is 54.6 Å². The molecule has 3 nitrogen and oxygen atoms in total. The molecule has 0 fully saturated rings. The van der Waals surface area contributed by atoms with Gasteiger partial charge in [-0.2, -0.15) is 0 Å². The van der Waals surface area contributed by atoms with Crippen molar-refractivity contribution in [2.75, 3.05) is 13.6 Å². The van der Waals surface area contributed by atoms with Crippen molar-refractivity contribution >= 4 is 22.9 Å². The highest BCUT2D eigenvalue weighted by Crippen LogP contribution is 2.23. The van der Waals surface area contributed by atoms with Gasteiger partial charge in [0.2, 0.25) is 0 Å². The highest BCUT2D eigenvalue weighted by molar-refractivity contribution is 5.86. The van der Waals surface area contributed by atoms with Crippen molar-refractivity contribution in [1.82, 2.24) is 4.90 Å². The normalized spacial score (nSPS) is 11.1. The first kappa shape index (κ1) is 16.8. The molecule has 25 heavy (non-hydrogen) atoms. The van der Waals surface area contributed by atoms with Crippen LogP contribution in [0.25, 0.3) is 16.8 Å². The molecular weight excluding hydrogens is 310 g/mol. The molecule has 1 amide bonds. The molecule has 3 aromatic rings. The summed E-state index contributed by atoms with van der Waals surface area (Å²) in [5, 5.41) is 11.4. The molecule has 3 aromatic carbocycles.